The minimum atomic E-state index is -0.971. The van der Waals surface area contributed by atoms with Crippen molar-refractivity contribution in [3.05, 3.63) is 30.1 Å². The molecule has 1 amide bonds. The van der Waals surface area contributed by atoms with Gasteiger partial charge >= 0.3 is 5.97 Å². The number of likely N-dealkylation sites (N-methyl/N-ethyl adjacent to an activating group) is 1. The fourth-order valence-electron chi connectivity index (χ4n) is 2.79. The number of hydrogen-bond acceptors (Lipinski definition) is 4. The first-order valence-electron chi connectivity index (χ1n) is 8.13. The Morgan fingerprint density at radius 1 is 1.21 bits per heavy atom. The van der Waals surface area contributed by atoms with Crippen LogP contribution in [0.3, 0.4) is 0 Å². The van der Waals surface area contributed by atoms with Crippen LogP contribution in [0.25, 0.3) is 0 Å². The first-order chi connectivity index (χ1) is 11.4. The Labute approximate surface area is 141 Å². The number of rotatable bonds is 6. The van der Waals surface area contributed by atoms with E-state index in [-0.39, 0.29) is 18.1 Å². The third-order valence-electron chi connectivity index (χ3n) is 4.20. The molecule has 132 valence electrons. The van der Waals surface area contributed by atoms with Crippen molar-refractivity contribution in [2.45, 2.75) is 12.8 Å². The molecule has 1 saturated heterocycles. The van der Waals surface area contributed by atoms with Crippen LogP contribution >= 0.6 is 0 Å². The van der Waals surface area contributed by atoms with E-state index in [0.717, 1.165) is 32.6 Å². The number of amides is 1. The van der Waals surface area contributed by atoms with Crippen LogP contribution in [0, 0.1) is 11.7 Å². The molecule has 2 rings (SSSR count). The first kappa shape index (κ1) is 18.4. The van der Waals surface area contributed by atoms with Crippen LogP contribution in [-0.4, -0.2) is 66.6 Å². The number of carboxylic acid groups (broad SMARTS) is 1. The minimum absolute atomic E-state index is 0.0982. The van der Waals surface area contributed by atoms with Gasteiger partial charge in [-0.2, -0.15) is 0 Å². The van der Waals surface area contributed by atoms with Crippen LogP contribution in [0.5, 0.6) is 0 Å². The molecule has 1 aromatic carbocycles. The summed E-state index contributed by atoms with van der Waals surface area (Å²) >= 11 is 0. The van der Waals surface area contributed by atoms with E-state index in [1.807, 2.05) is 7.05 Å². The van der Waals surface area contributed by atoms with Crippen molar-refractivity contribution >= 4 is 17.6 Å². The van der Waals surface area contributed by atoms with Crippen LogP contribution in [0.4, 0.5) is 10.1 Å². The second kappa shape index (κ2) is 8.75. The summed E-state index contributed by atoms with van der Waals surface area (Å²) in [5, 5.41) is 12.0. The highest BCUT2D eigenvalue weighted by molar-refractivity contribution is 5.93. The fraction of sp³-hybridized carbons (Fsp3) is 0.529. The van der Waals surface area contributed by atoms with Gasteiger partial charge in [0.2, 0.25) is 5.91 Å². The Bertz CT molecular complexity index is 565. The summed E-state index contributed by atoms with van der Waals surface area (Å²) in [6, 6.07) is 5.40. The van der Waals surface area contributed by atoms with Gasteiger partial charge in [0.1, 0.15) is 5.82 Å². The van der Waals surface area contributed by atoms with E-state index in [9.17, 15) is 19.1 Å². The second-order valence-electron chi connectivity index (χ2n) is 6.25. The van der Waals surface area contributed by atoms with Crippen molar-refractivity contribution in [2.24, 2.45) is 5.92 Å². The van der Waals surface area contributed by atoms with Gasteiger partial charge in [0.05, 0.1) is 5.92 Å². The molecule has 6 nitrogen and oxygen atoms in total. The van der Waals surface area contributed by atoms with Gasteiger partial charge in [-0.3, -0.25) is 9.59 Å². The lowest BCUT2D eigenvalue weighted by Crippen LogP contribution is -2.37. The lowest BCUT2D eigenvalue weighted by atomic mass is 10.0. The van der Waals surface area contributed by atoms with Crippen LogP contribution in [-0.2, 0) is 9.59 Å². The summed E-state index contributed by atoms with van der Waals surface area (Å²) in [5.41, 5.74) is 0.460. The van der Waals surface area contributed by atoms with Gasteiger partial charge in [-0.25, -0.2) is 4.39 Å². The molecule has 1 heterocycles. The highest BCUT2D eigenvalue weighted by Crippen LogP contribution is 2.13. The number of hydrogen-bond donors (Lipinski definition) is 2. The molecule has 2 N–H and O–H groups in total. The number of nitrogens with one attached hydrogen (secondary N) is 1. The van der Waals surface area contributed by atoms with Crippen LogP contribution in [0.15, 0.2) is 24.3 Å². The van der Waals surface area contributed by atoms with Crippen LogP contribution in [0.1, 0.15) is 12.8 Å². The maximum atomic E-state index is 12.9. The molecular formula is C17H24FN3O3. The van der Waals surface area contributed by atoms with Gasteiger partial charge in [-0.15, -0.1) is 0 Å². The third-order valence-corrected chi connectivity index (χ3v) is 4.20. The Morgan fingerprint density at radius 2 is 1.92 bits per heavy atom. The zero-order valence-electron chi connectivity index (χ0n) is 13.9. The van der Waals surface area contributed by atoms with Crippen molar-refractivity contribution in [1.82, 2.24) is 9.80 Å². The Morgan fingerprint density at radius 3 is 2.58 bits per heavy atom. The standard InChI is InChI=1S/C17H24FN3O3/c1-20-7-2-8-21(10-9-20)12-13(17(23)24)11-16(22)19-15-5-3-14(18)4-6-15/h3-6,13H,2,7-12H2,1H3,(H,19,22)(H,23,24)/t13-/m0/s1. The summed E-state index contributed by atoms with van der Waals surface area (Å²) in [4.78, 5) is 27.9. The number of benzene rings is 1. The van der Waals surface area contributed by atoms with E-state index in [0.29, 0.717) is 12.2 Å². The zero-order valence-corrected chi connectivity index (χ0v) is 13.9. The SMILES string of the molecule is CN1CCCN(C[C@H](CC(=O)Nc2ccc(F)cc2)C(=O)O)CC1. The average Bonchev–Trinajstić information content (AvgIpc) is 2.73. The quantitative estimate of drug-likeness (QED) is 0.823. The van der Waals surface area contributed by atoms with E-state index in [4.69, 9.17) is 0 Å². The van der Waals surface area contributed by atoms with Gasteiger partial charge in [-0.1, -0.05) is 0 Å². The van der Waals surface area contributed by atoms with Crippen molar-refractivity contribution in [2.75, 3.05) is 45.1 Å². The van der Waals surface area contributed by atoms with E-state index >= 15 is 0 Å². The van der Waals surface area contributed by atoms with Crippen molar-refractivity contribution in [3.63, 3.8) is 0 Å². The number of aliphatic carboxylic acids is 1. The number of carbonyl (C=O) groups excluding carboxylic acids is 1. The van der Waals surface area contributed by atoms with Gasteiger partial charge in [0, 0.05) is 31.7 Å². The number of anilines is 1. The molecule has 0 spiro atoms. The van der Waals surface area contributed by atoms with Gasteiger partial charge in [0.15, 0.2) is 0 Å². The molecule has 1 fully saturated rings. The lowest BCUT2D eigenvalue weighted by Gasteiger charge is -2.23. The molecule has 0 bridgehead atoms. The third kappa shape index (κ3) is 5.90. The largest absolute Gasteiger partial charge is 0.481 e. The molecule has 0 aromatic heterocycles. The van der Waals surface area contributed by atoms with E-state index in [2.05, 4.69) is 15.1 Å². The number of nitrogens with zero attached hydrogens (tertiary/aromatic N) is 2. The number of carboxylic acids is 1. The second-order valence-corrected chi connectivity index (χ2v) is 6.25. The predicted octanol–water partition coefficient (Wildman–Crippen LogP) is 1.49. The normalized spacial score (nSPS) is 17.9. The summed E-state index contributed by atoms with van der Waals surface area (Å²) < 4.78 is 12.9. The Kier molecular flexibility index (Phi) is 6.69. The molecule has 7 heteroatoms. The molecular weight excluding hydrogens is 313 g/mol. The first-order valence-corrected chi connectivity index (χ1v) is 8.13. The Balaban J connectivity index is 1.89. The smallest absolute Gasteiger partial charge is 0.308 e. The number of halogens is 1. The summed E-state index contributed by atoms with van der Waals surface area (Å²) in [6.07, 6.45) is 0.893. The molecule has 24 heavy (non-hydrogen) atoms. The van der Waals surface area contributed by atoms with E-state index in [1.165, 1.54) is 24.3 Å². The maximum Gasteiger partial charge on any atom is 0.308 e. The zero-order chi connectivity index (χ0) is 17.5. The monoisotopic (exact) mass is 337 g/mol. The molecule has 0 saturated carbocycles. The Hall–Kier alpha value is -1.99. The summed E-state index contributed by atoms with van der Waals surface area (Å²) in [7, 11) is 2.05. The van der Waals surface area contributed by atoms with E-state index in [1.54, 1.807) is 0 Å². The van der Waals surface area contributed by atoms with Gasteiger partial charge in [0.25, 0.3) is 0 Å². The topological polar surface area (TPSA) is 72.9 Å². The van der Waals surface area contributed by atoms with Gasteiger partial charge < -0.3 is 20.2 Å². The molecule has 1 aromatic rings. The molecule has 1 aliphatic heterocycles. The molecule has 0 radical (unpaired) electrons. The minimum Gasteiger partial charge on any atom is -0.481 e. The van der Waals surface area contributed by atoms with Gasteiger partial charge in [-0.05, 0) is 50.8 Å². The lowest BCUT2D eigenvalue weighted by molar-refractivity contribution is -0.144. The molecule has 0 aliphatic carbocycles. The van der Waals surface area contributed by atoms with Crippen LogP contribution < -0.4 is 5.32 Å². The predicted molar refractivity (Wildman–Crippen MR) is 89.3 cm³/mol. The fourth-order valence-corrected chi connectivity index (χ4v) is 2.79. The number of carbonyl (C=O) groups is 2. The van der Waals surface area contributed by atoms with E-state index < -0.39 is 11.9 Å². The average molecular weight is 337 g/mol. The highest BCUT2D eigenvalue weighted by Gasteiger charge is 2.25. The molecule has 0 unspecified atom stereocenters. The maximum absolute atomic E-state index is 12.9. The molecule has 1 aliphatic rings. The van der Waals surface area contributed by atoms with Crippen molar-refractivity contribution in [1.29, 1.82) is 0 Å². The highest BCUT2D eigenvalue weighted by atomic mass is 19.1. The molecule has 1 atom stereocenters. The summed E-state index contributed by atoms with van der Waals surface area (Å²) in [5.74, 6) is -2.49. The van der Waals surface area contributed by atoms with Crippen LogP contribution in [0.2, 0.25) is 0 Å². The summed E-state index contributed by atoms with van der Waals surface area (Å²) in [6.45, 7) is 3.90. The van der Waals surface area contributed by atoms with Crippen molar-refractivity contribution in [3.8, 4) is 0 Å². The van der Waals surface area contributed by atoms with Crippen molar-refractivity contribution < 1.29 is 19.1 Å².